The van der Waals surface area contributed by atoms with Crippen LogP contribution in [0.4, 0.5) is 5.13 Å². The molecule has 1 fully saturated rings. The number of thiazole rings is 1. The molecule has 3 N–H and O–H groups in total. The molecule has 4 aromatic rings. The Labute approximate surface area is 281 Å². The molecule has 0 unspecified atom stereocenters. The third kappa shape index (κ3) is 6.86. The van der Waals surface area contributed by atoms with Crippen molar-refractivity contribution in [3.8, 4) is 0 Å². The molecule has 2 aromatic heterocycles. The van der Waals surface area contributed by atoms with Crippen LogP contribution in [-0.4, -0.2) is 83.1 Å². The number of anilines is 1. The summed E-state index contributed by atoms with van der Waals surface area (Å²) in [6.07, 6.45) is -0.725. The highest BCUT2D eigenvalue weighted by atomic mass is 32.2. The maximum absolute atomic E-state index is 14.2. The summed E-state index contributed by atoms with van der Waals surface area (Å²) in [5, 5.41) is 20.1. The minimum atomic E-state index is -0.936. The van der Waals surface area contributed by atoms with Crippen LogP contribution in [-0.2, 0) is 31.0 Å². The molecular formula is C30H29N9O5S3. The topological polar surface area (TPSA) is 180 Å². The Morgan fingerprint density at radius 2 is 1.85 bits per heavy atom. The smallest absolute Gasteiger partial charge is 0.356 e. The van der Waals surface area contributed by atoms with Gasteiger partial charge in [-0.15, -0.1) is 28.2 Å². The number of rotatable bonds is 12. The first-order chi connectivity index (χ1) is 22.9. The lowest BCUT2D eigenvalue weighted by molar-refractivity contribution is -0.154. The summed E-state index contributed by atoms with van der Waals surface area (Å²) in [7, 11) is 1.72. The highest BCUT2D eigenvalue weighted by Gasteiger charge is 2.55. The molecule has 2 aromatic carbocycles. The maximum atomic E-state index is 14.2. The summed E-state index contributed by atoms with van der Waals surface area (Å²) in [6, 6.07) is 17.9. The number of nitrogens with zero attached hydrogens (tertiary/aromatic N) is 7. The number of carbonyl (C=O) groups excluding carboxylic acids is 3. The van der Waals surface area contributed by atoms with Gasteiger partial charge in [-0.25, -0.2) is 14.5 Å². The first-order valence-electron chi connectivity index (χ1n) is 14.4. The second-order valence-corrected chi connectivity index (χ2v) is 13.2. The van der Waals surface area contributed by atoms with Crippen molar-refractivity contribution in [2.45, 2.75) is 29.6 Å². The number of aryl methyl sites for hydroxylation is 1. The number of nitrogens with one attached hydrogen (secondary N) is 1. The van der Waals surface area contributed by atoms with Gasteiger partial charge in [-0.3, -0.25) is 14.5 Å². The van der Waals surface area contributed by atoms with E-state index in [-0.39, 0.29) is 28.8 Å². The van der Waals surface area contributed by atoms with Gasteiger partial charge in [0, 0.05) is 23.9 Å². The summed E-state index contributed by atoms with van der Waals surface area (Å²) in [5.74, 6) is -1.05. The van der Waals surface area contributed by atoms with Crippen LogP contribution in [0, 0.1) is 0 Å². The second-order valence-electron chi connectivity index (χ2n) is 10.2. The van der Waals surface area contributed by atoms with Crippen molar-refractivity contribution in [2.75, 3.05) is 23.8 Å². The monoisotopic (exact) mass is 691 g/mol. The van der Waals surface area contributed by atoms with Crippen LogP contribution in [0.3, 0.4) is 0 Å². The Morgan fingerprint density at radius 3 is 2.45 bits per heavy atom. The number of benzene rings is 2. The molecule has 14 nitrogen and oxygen atoms in total. The number of ether oxygens (including phenoxy) is 1. The zero-order chi connectivity index (χ0) is 32.9. The van der Waals surface area contributed by atoms with Gasteiger partial charge in [-0.2, -0.15) is 0 Å². The molecular weight excluding hydrogens is 663 g/mol. The van der Waals surface area contributed by atoms with Crippen LogP contribution < -0.4 is 11.1 Å². The Kier molecular flexibility index (Phi) is 9.84. The first-order valence-corrected chi connectivity index (χ1v) is 17.3. The molecule has 6 rings (SSSR count). The van der Waals surface area contributed by atoms with Crippen molar-refractivity contribution in [3.05, 3.63) is 94.1 Å². The lowest BCUT2D eigenvalue weighted by Gasteiger charge is -2.49. The average molecular weight is 692 g/mol. The van der Waals surface area contributed by atoms with E-state index in [4.69, 9.17) is 15.3 Å². The molecule has 4 heterocycles. The van der Waals surface area contributed by atoms with Gasteiger partial charge in [-0.05, 0) is 34.1 Å². The van der Waals surface area contributed by atoms with E-state index in [0.29, 0.717) is 22.2 Å². The molecule has 0 radical (unpaired) electrons. The molecule has 242 valence electrons. The van der Waals surface area contributed by atoms with E-state index >= 15 is 0 Å². The van der Waals surface area contributed by atoms with E-state index < -0.39 is 35.3 Å². The number of esters is 1. The second kappa shape index (κ2) is 14.4. The Bertz CT molecular complexity index is 1790. The predicted molar refractivity (Wildman–Crippen MR) is 177 cm³/mol. The van der Waals surface area contributed by atoms with Crippen molar-refractivity contribution >= 4 is 63.5 Å². The number of hydrogen-bond donors (Lipinski definition) is 2. The number of β-lactam (4-membered cyclic amide) rings is 1. The Balaban J connectivity index is 1.28. The van der Waals surface area contributed by atoms with Gasteiger partial charge in [-0.1, -0.05) is 77.6 Å². The minimum Gasteiger partial charge on any atom is -0.448 e. The Morgan fingerprint density at radius 1 is 1.15 bits per heavy atom. The SMILES string of the molecule is CCO/N=C(\C(=O)N[C@@H]1C(=O)N2C(C(=O)OC(c3ccccc3)c3ccccc3)=C(CSc3nnnn3C)CS[C@H]12)c1csc(N)n1. The van der Waals surface area contributed by atoms with E-state index in [2.05, 4.69) is 31.0 Å². The number of carbonyl (C=O) groups is 3. The van der Waals surface area contributed by atoms with Gasteiger partial charge >= 0.3 is 5.97 Å². The number of nitrogens with two attached hydrogens (primary N) is 1. The number of aromatic nitrogens is 5. The molecule has 1 saturated heterocycles. The fourth-order valence-corrected chi connectivity index (χ4v) is 7.85. The number of tetrazole rings is 1. The van der Waals surface area contributed by atoms with Crippen molar-refractivity contribution in [3.63, 3.8) is 0 Å². The summed E-state index contributed by atoms with van der Waals surface area (Å²) in [5.41, 5.74) is 8.27. The average Bonchev–Trinajstić information content (AvgIpc) is 3.72. The molecule has 0 aliphatic carbocycles. The third-order valence-electron chi connectivity index (χ3n) is 7.18. The number of hydrogen-bond acceptors (Lipinski definition) is 14. The van der Waals surface area contributed by atoms with Crippen LogP contribution in [0.5, 0.6) is 0 Å². The molecule has 47 heavy (non-hydrogen) atoms. The van der Waals surface area contributed by atoms with Gasteiger partial charge in [0.05, 0.1) is 0 Å². The van der Waals surface area contributed by atoms with Gasteiger partial charge in [0.2, 0.25) is 5.16 Å². The van der Waals surface area contributed by atoms with E-state index in [9.17, 15) is 14.4 Å². The summed E-state index contributed by atoms with van der Waals surface area (Å²) in [4.78, 5) is 52.1. The van der Waals surface area contributed by atoms with Crippen molar-refractivity contribution in [1.29, 1.82) is 0 Å². The van der Waals surface area contributed by atoms with Crippen LogP contribution in [0.2, 0.25) is 0 Å². The lowest BCUT2D eigenvalue weighted by atomic mass is 10.0. The molecule has 0 spiro atoms. The quantitative estimate of drug-likeness (QED) is 0.0731. The highest BCUT2D eigenvalue weighted by molar-refractivity contribution is 8.01. The van der Waals surface area contributed by atoms with Gasteiger partial charge < -0.3 is 20.6 Å². The molecule has 2 amide bonds. The fraction of sp³-hybridized carbons (Fsp3) is 0.267. The number of thioether (sulfide) groups is 2. The number of fused-ring (bicyclic) bond motifs is 1. The molecule has 17 heteroatoms. The van der Waals surface area contributed by atoms with Crippen LogP contribution in [0.15, 0.2) is 87.6 Å². The summed E-state index contributed by atoms with van der Waals surface area (Å²) < 4.78 is 7.74. The fourth-order valence-electron chi connectivity index (χ4n) is 4.96. The molecule has 2 atom stereocenters. The largest absolute Gasteiger partial charge is 0.448 e. The maximum Gasteiger partial charge on any atom is 0.356 e. The zero-order valence-electron chi connectivity index (χ0n) is 25.2. The van der Waals surface area contributed by atoms with Crippen molar-refractivity contribution in [1.82, 2.24) is 35.4 Å². The molecule has 2 aliphatic rings. The zero-order valence-corrected chi connectivity index (χ0v) is 27.6. The standard InChI is InChI=1S/C30H29N9O5S3/c1-3-43-35-21(20-16-46-29(31)32-20)25(40)33-22-26(41)39-23(19(14-45-27(22)39)15-47-30-34-36-37-38(30)2)28(42)44-24(17-10-6-4-7-11-17)18-12-8-5-9-13-18/h4-13,16,22,24,27H,3,14-15H2,1-2H3,(H2,31,32)(H,33,40)/b35-21-/t22-,27-/m1/s1. The predicted octanol–water partition coefficient (Wildman–Crippen LogP) is 2.77. The highest BCUT2D eigenvalue weighted by Crippen LogP contribution is 2.42. The normalized spacial score (nSPS) is 17.7. The number of amides is 2. The summed E-state index contributed by atoms with van der Waals surface area (Å²) in [6.45, 7) is 1.95. The minimum absolute atomic E-state index is 0.107. The molecule has 2 aliphatic heterocycles. The van der Waals surface area contributed by atoms with Crippen LogP contribution in [0.25, 0.3) is 0 Å². The van der Waals surface area contributed by atoms with Gasteiger partial charge in [0.1, 0.15) is 29.4 Å². The van der Waals surface area contributed by atoms with Crippen molar-refractivity contribution < 1.29 is 24.0 Å². The van der Waals surface area contributed by atoms with E-state index in [1.807, 2.05) is 60.7 Å². The van der Waals surface area contributed by atoms with Crippen LogP contribution >= 0.6 is 34.9 Å². The first kappa shape index (κ1) is 32.2. The Hall–Kier alpha value is -4.74. The molecule has 0 saturated carbocycles. The van der Waals surface area contributed by atoms with Gasteiger partial charge in [0.15, 0.2) is 16.9 Å². The van der Waals surface area contributed by atoms with Gasteiger partial charge in [0.25, 0.3) is 11.8 Å². The number of nitrogen functional groups attached to an aromatic ring is 1. The number of oxime groups is 1. The van der Waals surface area contributed by atoms with Crippen LogP contribution in [0.1, 0.15) is 29.8 Å². The summed E-state index contributed by atoms with van der Waals surface area (Å²) >= 11 is 3.91. The van der Waals surface area contributed by atoms with E-state index in [0.717, 1.165) is 22.5 Å². The van der Waals surface area contributed by atoms with E-state index in [1.165, 1.54) is 33.1 Å². The van der Waals surface area contributed by atoms with Crippen molar-refractivity contribution in [2.24, 2.45) is 12.2 Å². The van der Waals surface area contributed by atoms with E-state index in [1.54, 1.807) is 19.4 Å². The third-order valence-corrected chi connectivity index (χ3v) is 10.3. The molecule has 0 bridgehead atoms. The lowest BCUT2D eigenvalue weighted by Crippen LogP contribution is -2.71.